The molecule has 4 aromatic carbocycles. The second kappa shape index (κ2) is 9.79. The summed E-state index contributed by atoms with van der Waals surface area (Å²) in [5.74, 6) is 1.22. The number of carbonyl (C=O) groups excluding carboxylic acids is 1. The number of benzene rings is 4. The number of nitrogens with zero attached hydrogens (tertiary/aromatic N) is 2. The van der Waals surface area contributed by atoms with Gasteiger partial charge in [0.1, 0.15) is 11.6 Å². The molecule has 0 aliphatic rings. The molecule has 6 aromatic rings. The van der Waals surface area contributed by atoms with Crippen LogP contribution in [0.1, 0.15) is 0 Å². The Labute approximate surface area is 213 Å². The Bertz CT molecular complexity index is 1680. The minimum atomic E-state index is -0.548. The zero-order valence-corrected chi connectivity index (χ0v) is 19.8. The van der Waals surface area contributed by atoms with E-state index in [9.17, 15) is 4.79 Å². The second-order valence-electron chi connectivity index (χ2n) is 8.48. The van der Waals surface area contributed by atoms with Crippen molar-refractivity contribution < 1.29 is 9.53 Å². The fourth-order valence-electron chi connectivity index (χ4n) is 4.32. The van der Waals surface area contributed by atoms with Gasteiger partial charge in [-0.25, -0.2) is 9.78 Å². The van der Waals surface area contributed by atoms with Crippen LogP contribution < -0.4 is 10.1 Å². The van der Waals surface area contributed by atoms with Crippen LogP contribution in [-0.4, -0.2) is 21.0 Å². The Balaban J connectivity index is 1.43. The number of nitrogens with one attached hydrogen (secondary N) is 2. The van der Waals surface area contributed by atoms with E-state index < -0.39 is 6.09 Å². The van der Waals surface area contributed by atoms with Crippen molar-refractivity contribution in [2.24, 2.45) is 0 Å². The van der Waals surface area contributed by atoms with Crippen molar-refractivity contribution in [3.8, 4) is 39.7 Å². The molecular weight excluding hydrogens is 460 g/mol. The van der Waals surface area contributed by atoms with Gasteiger partial charge in [-0.2, -0.15) is 0 Å². The number of aromatic amines is 1. The van der Waals surface area contributed by atoms with Crippen molar-refractivity contribution in [3.05, 3.63) is 122 Å². The van der Waals surface area contributed by atoms with E-state index in [0.29, 0.717) is 11.4 Å². The molecule has 6 rings (SSSR count). The van der Waals surface area contributed by atoms with Gasteiger partial charge in [0.15, 0.2) is 0 Å². The summed E-state index contributed by atoms with van der Waals surface area (Å²) in [6.45, 7) is 0. The van der Waals surface area contributed by atoms with E-state index in [4.69, 9.17) is 9.72 Å². The van der Waals surface area contributed by atoms with E-state index in [-0.39, 0.29) is 0 Å². The molecule has 0 unspecified atom stereocenters. The predicted octanol–water partition coefficient (Wildman–Crippen LogP) is 7.57. The summed E-state index contributed by atoms with van der Waals surface area (Å²) in [5.41, 5.74) is 5.26. The monoisotopic (exact) mass is 482 g/mol. The lowest BCUT2D eigenvalue weighted by Crippen LogP contribution is -2.16. The first-order chi connectivity index (χ1) is 18.2. The molecule has 0 spiro atoms. The Morgan fingerprint density at radius 2 is 1.51 bits per heavy atom. The fourth-order valence-corrected chi connectivity index (χ4v) is 4.32. The van der Waals surface area contributed by atoms with Crippen LogP contribution >= 0.6 is 0 Å². The summed E-state index contributed by atoms with van der Waals surface area (Å²) >= 11 is 0. The van der Waals surface area contributed by atoms with Crippen LogP contribution in [0.25, 0.3) is 44.7 Å². The number of hydrogen-bond acceptors (Lipinski definition) is 4. The van der Waals surface area contributed by atoms with Crippen molar-refractivity contribution in [2.45, 2.75) is 0 Å². The highest BCUT2D eigenvalue weighted by Gasteiger charge is 2.18. The molecule has 0 radical (unpaired) electrons. The van der Waals surface area contributed by atoms with Crippen LogP contribution in [0, 0.1) is 0 Å². The zero-order valence-electron chi connectivity index (χ0n) is 19.8. The summed E-state index contributed by atoms with van der Waals surface area (Å²) in [4.78, 5) is 25.2. The first-order valence-corrected chi connectivity index (χ1v) is 11.9. The molecule has 2 N–H and O–H groups in total. The van der Waals surface area contributed by atoms with E-state index in [2.05, 4.69) is 15.3 Å². The Morgan fingerprint density at radius 3 is 2.30 bits per heavy atom. The lowest BCUT2D eigenvalue weighted by Gasteiger charge is -2.10. The molecular formula is C31H22N4O2. The van der Waals surface area contributed by atoms with E-state index >= 15 is 0 Å². The van der Waals surface area contributed by atoms with Gasteiger partial charge in [0.25, 0.3) is 0 Å². The second-order valence-corrected chi connectivity index (χ2v) is 8.48. The molecule has 1 amide bonds. The first kappa shape index (κ1) is 22.2. The highest BCUT2D eigenvalue weighted by atomic mass is 16.6. The van der Waals surface area contributed by atoms with Crippen LogP contribution in [-0.2, 0) is 0 Å². The molecule has 6 heteroatoms. The summed E-state index contributed by atoms with van der Waals surface area (Å²) < 4.78 is 5.62. The Hall–Kier alpha value is -5.23. The molecule has 0 aliphatic carbocycles. The van der Waals surface area contributed by atoms with Gasteiger partial charge in [0, 0.05) is 34.8 Å². The van der Waals surface area contributed by atoms with Gasteiger partial charge in [0.2, 0.25) is 0 Å². The highest BCUT2D eigenvalue weighted by molar-refractivity contribution is 6.00. The maximum absolute atomic E-state index is 12.5. The highest BCUT2D eigenvalue weighted by Crippen LogP contribution is 2.37. The quantitative estimate of drug-likeness (QED) is 0.266. The number of amides is 1. The molecule has 2 heterocycles. The van der Waals surface area contributed by atoms with E-state index in [1.165, 1.54) is 0 Å². The van der Waals surface area contributed by atoms with Gasteiger partial charge >= 0.3 is 6.09 Å². The van der Waals surface area contributed by atoms with Crippen molar-refractivity contribution in [2.75, 3.05) is 5.32 Å². The molecule has 2 aromatic heterocycles. The number of anilines is 1. The largest absolute Gasteiger partial charge is 0.417 e. The van der Waals surface area contributed by atoms with Crippen molar-refractivity contribution in [1.82, 2.24) is 15.0 Å². The number of carbonyl (C=O) groups is 1. The minimum absolute atomic E-state index is 0.446. The van der Waals surface area contributed by atoms with Gasteiger partial charge in [-0.15, -0.1) is 0 Å². The Kier molecular flexibility index (Phi) is 5.89. The third kappa shape index (κ3) is 4.68. The Morgan fingerprint density at radius 1 is 0.757 bits per heavy atom. The lowest BCUT2D eigenvalue weighted by molar-refractivity contribution is 0.215. The van der Waals surface area contributed by atoms with Gasteiger partial charge in [-0.05, 0) is 47.2 Å². The van der Waals surface area contributed by atoms with E-state index in [0.717, 1.165) is 44.7 Å². The van der Waals surface area contributed by atoms with Crippen molar-refractivity contribution in [3.63, 3.8) is 0 Å². The number of para-hydroxylation sites is 1. The topological polar surface area (TPSA) is 79.9 Å². The molecule has 0 saturated carbocycles. The summed E-state index contributed by atoms with van der Waals surface area (Å²) in [7, 11) is 0. The molecule has 0 saturated heterocycles. The lowest BCUT2D eigenvalue weighted by atomic mass is 9.99. The van der Waals surface area contributed by atoms with Crippen LogP contribution in [0.4, 0.5) is 10.5 Å². The maximum atomic E-state index is 12.5. The van der Waals surface area contributed by atoms with Crippen molar-refractivity contribution in [1.29, 1.82) is 0 Å². The molecule has 6 nitrogen and oxygen atoms in total. The maximum Gasteiger partial charge on any atom is 0.417 e. The normalized spacial score (nSPS) is 10.8. The SMILES string of the molecule is O=C(Nc1ccccc1)Oc1ccc2cccc(-c3[nH]c(-c4ccccc4)nc3-c3ccncc3)c2c1. The number of rotatable bonds is 5. The molecule has 0 fully saturated rings. The number of imidazole rings is 1. The number of ether oxygens (including phenoxy) is 1. The number of fused-ring (bicyclic) bond motifs is 1. The third-order valence-corrected chi connectivity index (χ3v) is 6.06. The number of H-pyrrole nitrogens is 1. The average molecular weight is 483 g/mol. The van der Waals surface area contributed by atoms with E-state index in [1.807, 2.05) is 103 Å². The molecule has 37 heavy (non-hydrogen) atoms. The van der Waals surface area contributed by atoms with Crippen LogP contribution in [0.15, 0.2) is 122 Å². The van der Waals surface area contributed by atoms with E-state index in [1.54, 1.807) is 18.5 Å². The fraction of sp³-hybridized carbons (Fsp3) is 0. The zero-order chi connectivity index (χ0) is 25.0. The first-order valence-electron chi connectivity index (χ1n) is 11.9. The number of aromatic nitrogens is 3. The summed E-state index contributed by atoms with van der Waals surface area (Å²) in [6.07, 6.45) is 2.97. The van der Waals surface area contributed by atoms with Crippen LogP contribution in [0.2, 0.25) is 0 Å². The third-order valence-electron chi connectivity index (χ3n) is 6.06. The van der Waals surface area contributed by atoms with Gasteiger partial charge in [-0.3, -0.25) is 10.3 Å². The van der Waals surface area contributed by atoms with Crippen LogP contribution in [0.5, 0.6) is 5.75 Å². The predicted molar refractivity (Wildman–Crippen MR) is 146 cm³/mol. The summed E-state index contributed by atoms with van der Waals surface area (Å²) in [6, 6.07) is 34.8. The minimum Gasteiger partial charge on any atom is -0.410 e. The molecule has 0 bridgehead atoms. The molecule has 178 valence electrons. The molecule has 0 aliphatic heterocycles. The van der Waals surface area contributed by atoms with Crippen LogP contribution in [0.3, 0.4) is 0 Å². The van der Waals surface area contributed by atoms with Gasteiger partial charge in [0.05, 0.1) is 11.4 Å². The van der Waals surface area contributed by atoms with Gasteiger partial charge in [-0.1, -0.05) is 72.8 Å². The number of pyridine rings is 1. The van der Waals surface area contributed by atoms with Gasteiger partial charge < -0.3 is 9.72 Å². The standard InChI is InChI=1S/C31H22N4O2/c36-31(33-24-11-5-2-6-12-24)37-25-15-14-21-10-7-13-26(27(21)20-25)29-28(22-16-18-32-19-17-22)34-30(35-29)23-8-3-1-4-9-23/h1-20H,(H,33,36)(H,34,35). The average Bonchev–Trinajstić information content (AvgIpc) is 3.40. The van der Waals surface area contributed by atoms with Crippen molar-refractivity contribution >= 4 is 22.6 Å². The molecule has 0 atom stereocenters. The number of hydrogen-bond donors (Lipinski definition) is 2. The summed E-state index contributed by atoms with van der Waals surface area (Å²) in [5, 5.41) is 4.71. The smallest absolute Gasteiger partial charge is 0.410 e.